The predicted molar refractivity (Wildman–Crippen MR) is 111 cm³/mol. The molecule has 4 aromatic rings. The highest BCUT2D eigenvalue weighted by atomic mass is 19.4. The molecule has 0 aliphatic carbocycles. The van der Waals surface area contributed by atoms with E-state index in [4.69, 9.17) is 5.11 Å². The number of hydrogen-bond acceptors (Lipinski definition) is 3. The molecular weight excluding hydrogens is 409 g/mol. The van der Waals surface area contributed by atoms with Gasteiger partial charge in [0.1, 0.15) is 0 Å². The Balaban J connectivity index is 1.62. The first-order chi connectivity index (χ1) is 14.8. The van der Waals surface area contributed by atoms with Crippen LogP contribution in [0.3, 0.4) is 0 Å². The molecule has 0 saturated heterocycles. The lowest BCUT2D eigenvalue weighted by Crippen LogP contribution is -2.40. The zero-order valence-electron chi connectivity index (χ0n) is 16.4. The number of carbonyl (C=O) groups excluding carboxylic acids is 1. The molecule has 0 aliphatic heterocycles. The molecule has 0 aliphatic rings. The van der Waals surface area contributed by atoms with Gasteiger partial charge in [0, 0.05) is 28.9 Å². The highest BCUT2D eigenvalue weighted by molar-refractivity contribution is 6.04. The number of alkyl halides is 3. The molecule has 0 bridgehead atoms. The zero-order chi connectivity index (χ0) is 22.2. The van der Waals surface area contributed by atoms with Crippen molar-refractivity contribution in [3.63, 3.8) is 0 Å². The van der Waals surface area contributed by atoms with Crippen molar-refractivity contribution < 1.29 is 23.1 Å². The van der Waals surface area contributed by atoms with Crippen molar-refractivity contribution in [1.29, 1.82) is 0 Å². The van der Waals surface area contributed by atoms with Gasteiger partial charge in [0.15, 0.2) is 0 Å². The maximum atomic E-state index is 12.6. The first-order valence-corrected chi connectivity index (χ1v) is 9.57. The second-order valence-corrected chi connectivity index (χ2v) is 7.09. The van der Waals surface area contributed by atoms with E-state index in [0.717, 1.165) is 23.2 Å². The molecule has 1 atom stereocenters. The average Bonchev–Trinajstić information content (AvgIpc) is 3.40. The quantitative estimate of drug-likeness (QED) is 0.439. The van der Waals surface area contributed by atoms with Gasteiger partial charge >= 0.3 is 6.18 Å². The number of halogens is 3. The van der Waals surface area contributed by atoms with E-state index in [1.165, 1.54) is 11.8 Å². The van der Waals surface area contributed by atoms with E-state index >= 15 is 0 Å². The molecule has 2 heterocycles. The van der Waals surface area contributed by atoms with Gasteiger partial charge in [-0.3, -0.25) is 4.79 Å². The summed E-state index contributed by atoms with van der Waals surface area (Å²) in [6.45, 7) is 2.08. The number of aliphatic hydroxyl groups excluding tert-OH is 1. The fourth-order valence-corrected chi connectivity index (χ4v) is 3.25. The van der Waals surface area contributed by atoms with E-state index in [-0.39, 0.29) is 5.69 Å². The van der Waals surface area contributed by atoms with Crippen LogP contribution in [0.1, 0.15) is 12.5 Å². The van der Waals surface area contributed by atoms with E-state index in [1.54, 1.807) is 23.0 Å². The number of aryl methyl sites for hydroxylation is 1. The van der Waals surface area contributed by atoms with Gasteiger partial charge in [0.05, 0.1) is 17.6 Å². The minimum Gasteiger partial charge on any atom is -0.376 e. The summed E-state index contributed by atoms with van der Waals surface area (Å²) in [5.41, 5.74) is 4.47. The van der Waals surface area contributed by atoms with Crippen LogP contribution < -0.4 is 5.32 Å². The lowest BCUT2D eigenvalue weighted by atomic mass is 10.1. The maximum Gasteiger partial charge on any atom is 0.423 e. The van der Waals surface area contributed by atoms with Crippen LogP contribution in [0.2, 0.25) is 0 Å². The summed E-state index contributed by atoms with van der Waals surface area (Å²) in [6, 6.07) is 13.4. The molecule has 2 aromatic carbocycles. The summed E-state index contributed by atoms with van der Waals surface area (Å²) in [5.74, 6) is -1.54. The Morgan fingerprint density at radius 2 is 1.94 bits per heavy atom. The number of fused-ring (bicyclic) bond motifs is 1. The Hall–Kier alpha value is -3.59. The number of nitrogens with one attached hydrogen (secondary N) is 2. The van der Waals surface area contributed by atoms with Crippen molar-refractivity contribution in [2.24, 2.45) is 0 Å². The number of rotatable bonds is 5. The van der Waals surface area contributed by atoms with Gasteiger partial charge in [0.2, 0.25) is 6.10 Å². The number of aromatic amines is 1. The molecular formula is C22H19F3N4O2. The number of aromatic nitrogens is 3. The SMILES string of the molecule is CCc1ccc(-n2cc(-c3ccc4[nH]cc(NC(=O)C(O)C(F)(F)F)c4c3)cn2)cc1. The zero-order valence-corrected chi connectivity index (χ0v) is 16.4. The van der Waals surface area contributed by atoms with Crippen LogP contribution in [0.15, 0.2) is 61.1 Å². The number of amides is 1. The first kappa shape index (κ1) is 20.7. The minimum atomic E-state index is -5.04. The van der Waals surface area contributed by atoms with E-state index in [0.29, 0.717) is 10.9 Å². The molecule has 0 saturated carbocycles. The lowest BCUT2D eigenvalue weighted by Gasteiger charge is -2.13. The molecule has 9 heteroatoms. The van der Waals surface area contributed by atoms with Crippen molar-refractivity contribution >= 4 is 22.5 Å². The predicted octanol–water partition coefficient (Wildman–Crippen LogP) is 4.44. The van der Waals surface area contributed by atoms with Gasteiger partial charge in [0.25, 0.3) is 5.91 Å². The molecule has 3 N–H and O–H groups in total. The second-order valence-electron chi connectivity index (χ2n) is 7.09. The Bertz CT molecular complexity index is 1230. The molecule has 1 unspecified atom stereocenters. The molecule has 0 radical (unpaired) electrons. The van der Waals surface area contributed by atoms with Gasteiger partial charge in [-0.2, -0.15) is 18.3 Å². The molecule has 4 rings (SSSR count). The summed E-state index contributed by atoms with van der Waals surface area (Å²) in [6.07, 6.45) is -2.27. The number of H-pyrrole nitrogens is 1. The van der Waals surface area contributed by atoms with Crippen molar-refractivity contribution in [3.8, 4) is 16.8 Å². The number of benzene rings is 2. The topological polar surface area (TPSA) is 82.9 Å². The second kappa shape index (κ2) is 7.92. The Morgan fingerprint density at radius 3 is 2.61 bits per heavy atom. The fourth-order valence-electron chi connectivity index (χ4n) is 3.25. The summed E-state index contributed by atoms with van der Waals surface area (Å²) < 4.78 is 39.5. The van der Waals surface area contributed by atoms with E-state index in [2.05, 4.69) is 22.3 Å². The monoisotopic (exact) mass is 428 g/mol. The number of carbonyl (C=O) groups is 1. The maximum absolute atomic E-state index is 12.6. The summed E-state index contributed by atoms with van der Waals surface area (Å²) in [5, 5.41) is 16.2. The average molecular weight is 428 g/mol. The van der Waals surface area contributed by atoms with Crippen molar-refractivity contribution in [2.75, 3.05) is 5.32 Å². The first-order valence-electron chi connectivity index (χ1n) is 9.57. The van der Waals surface area contributed by atoms with Crippen LogP contribution in [0, 0.1) is 0 Å². The molecule has 0 spiro atoms. The van der Waals surface area contributed by atoms with Crippen LogP contribution in [0.25, 0.3) is 27.7 Å². The van der Waals surface area contributed by atoms with Crippen LogP contribution in [-0.4, -0.2) is 38.1 Å². The molecule has 31 heavy (non-hydrogen) atoms. The summed E-state index contributed by atoms with van der Waals surface area (Å²) in [7, 11) is 0. The van der Waals surface area contributed by atoms with Crippen LogP contribution in [0.4, 0.5) is 18.9 Å². The number of aliphatic hydroxyl groups is 1. The Labute approximate surface area is 175 Å². The molecule has 1 amide bonds. The molecule has 2 aromatic heterocycles. The summed E-state index contributed by atoms with van der Waals surface area (Å²) in [4.78, 5) is 14.6. The Morgan fingerprint density at radius 1 is 1.19 bits per heavy atom. The number of nitrogens with zero attached hydrogens (tertiary/aromatic N) is 2. The number of hydrogen-bond donors (Lipinski definition) is 3. The third-order valence-corrected chi connectivity index (χ3v) is 5.02. The van der Waals surface area contributed by atoms with E-state index < -0.39 is 18.2 Å². The minimum absolute atomic E-state index is 0.146. The number of anilines is 1. The van der Waals surface area contributed by atoms with Crippen LogP contribution in [-0.2, 0) is 11.2 Å². The highest BCUT2D eigenvalue weighted by Gasteiger charge is 2.43. The smallest absolute Gasteiger partial charge is 0.376 e. The molecule has 0 fully saturated rings. The summed E-state index contributed by atoms with van der Waals surface area (Å²) >= 11 is 0. The fraction of sp³-hybridized carbons (Fsp3) is 0.182. The van der Waals surface area contributed by atoms with Crippen molar-refractivity contribution in [3.05, 3.63) is 66.6 Å². The van der Waals surface area contributed by atoms with Crippen molar-refractivity contribution in [2.45, 2.75) is 25.6 Å². The normalized spacial score (nSPS) is 12.8. The third-order valence-electron chi connectivity index (χ3n) is 5.02. The molecule has 6 nitrogen and oxygen atoms in total. The molecule has 160 valence electrons. The van der Waals surface area contributed by atoms with Gasteiger partial charge in [-0.15, -0.1) is 0 Å². The van der Waals surface area contributed by atoms with Gasteiger partial charge in [-0.1, -0.05) is 25.1 Å². The largest absolute Gasteiger partial charge is 0.423 e. The lowest BCUT2D eigenvalue weighted by molar-refractivity contribution is -0.202. The van der Waals surface area contributed by atoms with Gasteiger partial charge in [-0.25, -0.2) is 4.68 Å². The van der Waals surface area contributed by atoms with E-state index in [9.17, 15) is 18.0 Å². The van der Waals surface area contributed by atoms with E-state index in [1.807, 2.05) is 36.5 Å². The standard InChI is InChI=1S/C22H19F3N4O2/c1-2-13-3-6-16(7-4-13)29-12-15(10-27-29)14-5-8-18-17(9-14)19(11-26-18)28-21(31)20(30)22(23,24)25/h3-12,20,26,30H,2H2,1H3,(H,28,31). The van der Waals surface area contributed by atoms with Gasteiger partial charge in [-0.05, 0) is 41.8 Å². The third kappa shape index (κ3) is 4.17. The van der Waals surface area contributed by atoms with Crippen molar-refractivity contribution in [1.82, 2.24) is 14.8 Å². The van der Waals surface area contributed by atoms with Crippen LogP contribution in [0.5, 0.6) is 0 Å². The van der Waals surface area contributed by atoms with Gasteiger partial charge < -0.3 is 15.4 Å². The highest BCUT2D eigenvalue weighted by Crippen LogP contribution is 2.30. The Kier molecular flexibility index (Phi) is 5.28. The van der Waals surface area contributed by atoms with Crippen LogP contribution >= 0.6 is 0 Å².